The number of benzene rings is 3. The van der Waals surface area contributed by atoms with E-state index in [1.807, 2.05) is 25.1 Å². The fraction of sp³-hybridized carbons (Fsp3) is 0.208. The second-order valence-corrected chi connectivity index (χ2v) is 10.1. The minimum absolute atomic E-state index is 0.0198. The average Bonchev–Trinajstić information content (AvgIpc) is 2.79. The van der Waals surface area contributed by atoms with Gasteiger partial charge in [0.1, 0.15) is 5.75 Å². The van der Waals surface area contributed by atoms with E-state index < -0.39 is 10.0 Å². The number of nitrogens with zero attached hydrogens (tertiary/aromatic N) is 1. The van der Waals surface area contributed by atoms with Crippen molar-refractivity contribution < 1.29 is 17.9 Å². The van der Waals surface area contributed by atoms with Crippen molar-refractivity contribution >= 4 is 39.1 Å². The first-order valence-corrected chi connectivity index (χ1v) is 12.4. The first-order chi connectivity index (χ1) is 15.7. The quantitative estimate of drug-likeness (QED) is 0.435. The molecule has 0 aliphatic carbocycles. The van der Waals surface area contributed by atoms with Gasteiger partial charge in [0.15, 0.2) is 0 Å². The van der Waals surface area contributed by atoms with E-state index in [1.165, 1.54) is 35.6 Å². The van der Waals surface area contributed by atoms with E-state index in [4.69, 9.17) is 27.9 Å². The highest BCUT2D eigenvalue weighted by molar-refractivity contribution is 7.89. The maximum Gasteiger partial charge on any atom is 0.251 e. The van der Waals surface area contributed by atoms with E-state index in [0.29, 0.717) is 33.5 Å². The van der Waals surface area contributed by atoms with Crippen LogP contribution in [0.25, 0.3) is 0 Å². The number of rotatable bonds is 9. The van der Waals surface area contributed by atoms with Gasteiger partial charge in [-0.1, -0.05) is 41.4 Å². The van der Waals surface area contributed by atoms with Crippen LogP contribution in [0.5, 0.6) is 5.75 Å². The Morgan fingerprint density at radius 2 is 1.70 bits per heavy atom. The van der Waals surface area contributed by atoms with E-state index in [1.54, 1.807) is 24.3 Å². The summed E-state index contributed by atoms with van der Waals surface area (Å²) in [5.41, 5.74) is 1.76. The van der Waals surface area contributed by atoms with Crippen molar-refractivity contribution in [3.8, 4) is 5.75 Å². The molecule has 0 aliphatic heterocycles. The van der Waals surface area contributed by atoms with Crippen LogP contribution in [0.2, 0.25) is 10.0 Å². The Morgan fingerprint density at radius 3 is 2.36 bits per heavy atom. The van der Waals surface area contributed by atoms with Crippen LogP contribution in [0.4, 0.5) is 0 Å². The van der Waals surface area contributed by atoms with Crippen LogP contribution >= 0.6 is 23.2 Å². The van der Waals surface area contributed by atoms with Gasteiger partial charge >= 0.3 is 0 Å². The zero-order chi connectivity index (χ0) is 24.0. The summed E-state index contributed by atoms with van der Waals surface area (Å²) in [6.45, 7) is 2.53. The molecule has 0 saturated carbocycles. The maximum absolute atomic E-state index is 13.0. The smallest absolute Gasteiger partial charge is 0.251 e. The SMILES string of the molecule is CCOc1ccc(C(=O)NCc2ccccc2Cl)cc1CN(C)S(=O)(=O)c1ccc(Cl)cc1. The van der Waals surface area contributed by atoms with Gasteiger partial charge in [-0.3, -0.25) is 4.79 Å². The number of sulfonamides is 1. The Hall–Kier alpha value is -2.58. The minimum Gasteiger partial charge on any atom is -0.494 e. The molecule has 33 heavy (non-hydrogen) atoms. The minimum atomic E-state index is -3.77. The van der Waals surface area contributed by atoms with E-state index >= 15 is 0 Å². The third-order valence-corrected chi connectivity index (χ3v) is 7.37. The monoisotopic (exact) mass is 506 g/mol. The van der Waals surface area contributed by atoms with Gasteiger partial charge in [-0.15, -0.1) is 0 Å². The van der Waals surface area contributed by atoms with E-state index in [9.17, 15) is 13.2 Å². The predicted octanol–water partition coefficient (Wildman–Crippen LogP) is 5.14. The van der Waals surface area contributed by atoms with Crippen molar-refractivity contribution in [1.29, 1.82) is 0 Å². The maximum atomic E-state index is 13.0. The summed E-state index contributed by atoms with van der Waals surface area (Å²) in [5, 5.41) is 3.86. The van der Waals surface area contributed by atoms with Gasteiger partial charge in [0, 0.05) is 41.3 Å². The Labute approximate surface area is 204 Å². The molecule has 6 nitrogen and oxygen atoms in total. The topological polar surface area (TPSA) is 75.7 Å². The Bertz CT molecular complexity index is 1230. The van der Waals surface area contributed by atoms with Crippen LogP contribution in [0.3, 0.4) is 0 Å². The third kappa shape index (κ3) is 6.26. The summed E-state index contributed by atoms with van der Waals surface area (Å²) >= 11 is 12.0. The van der Waals surface area contributed by atoms with E-state index in [0.717, 1.165) is 5.56 Å². The Morgan fingerprint density at radius 1 is 1.00 bits per heavy atom. The lowest BCUT2D eigenvalue weighted by Crippen LogP contribution is -2.27. The molecule has 174 valence electrons. The molecule has 3 aromatic carbocycles. The molecule has 0 radical (unpaired) electrons. The molecule has 0 fully saturated rings. The number of ether oxygens (including phenoxy) is 1. The van der Waals surface area contributed by atoms with Crippen molar-refractivity contribution in [2.24, 2.45) is 0 Å². The van der Waals surface area contributed by atoms with Gasteiger partial charge in [-0.05, 0) is 61.0 Å². The number of halogens is 2. The molecule has 1 N–H and O–H groups in total. The van der Waals surface area contributed by atoms with Gasteiger partial charge in [0.2, 0.25) is 10.0 Å². The second kappa shape index (κ2) is 11.0. The summed E-state index contributed by atoms with van der Waals surface area (Å²) in [5.74, 6) is 0.209. The molecular formula is C24H24Cl2N2O4S. The summed E-state index contributed by atoms with van der Waals surface area (Å²) in [7, 11) is -2.29. The van der Waals surface area contributed by atoms with Crippen LogP contribution in [0.15, 0.2) is 71.6 Å². The number of nitrogens with one attached hydrogen (secondary N) is 1. The van der Waals surface area contributed by atoms with Crippen LogP contribution < -0.4 is 10.1 Å². The molecule has 0 saturated heterocycles. The van der Waals surface area contributed by atoms with E-state index in [-0.39, 0.29) is 23.9 Å². The highest BCUT2D eigenvalue weighted by atomic mass is 35.5. The lowest BCUT2D eigenvalue weighted by atomic mass is 10.1. The van der Waals surface area contributed by atoms with Crippen LogP contribution in [-0.2, 0) is 23.1 Å². The Balaban J connectivity index is 1.81. The first kappa shape index (κ1) is 25.1. The van der Waals surface area contributed by atoms with Crippen LogP contribution in [0, 0.1) is 0 Å². The third-order valence-electron chi connectivity index (χ3n) is 4.93. The predicted molar refractivity (Wildman–Crippen MR) is 130 cm³/mol. The summed E-state index contributed by atoms with van der Waals surface area (Å²) in [4.78, 5) is 12.9. The molecule has 0 unspecified atom stereocenters. The number of amides is 1. The molecule has 1 amide bonds. The molecule has 0 bridgehead atoms. The molecule has 0 heterocycles. The molecule has 3 aromatic rings. The summed E-state index contributed by atoms with van der Waals surface area (Å²) in [6.07, 6.45) is 0. The number of carbonyl (C=O) groups is 1. The van der Waals surface area contributed by atoms with Crippen molar-refractivity contribution in [2.75, 3.05) is 13.7 Å². The normalized spacial score (nSPS) is 11.4. The zero-order valence-electron chi connectivity index (χ0n) is 18.2. The molecule has 0 spiro atoms. The van der Waals surface area contributed by atoms with Crippen molar-refractivity contribution in [3.05, 3.63) is 93.5 Å². The fourth-order valence-corrected chi connectivity index (χ4v) is 4.65. The second-order valence-electron chi connectivity index (χ2n) is 7.24. The number of hydrogen-bond donors (Lipinski definition) is 1. The first-order valence-electron chi connectivity index (χ1n) is 10.2. The largest absolute Gasteiger partial charge is 0.494 e. The van der Waals surface area contributed by atoms with Gasteiger partial charge in [0.05, 0.1) is 11.5 Å². The molecule has 0 aliphatic rings. The molecule has 3 rings (SSSR count). The number of hydrogen-bond acceptors (Lipinski definition) is 4. The Kier molecular flexibility index (Phi) is 8.37. The number of carbonyl (C=O) groups excluding carboxylic acids is 1. The van der Waals surface area contributed by atoms with Gasteiger partial charge in [-0.25, -0.2) is 8.42 Å². The molecule has 0 atom stereocenters. The lowest BCUT2D eigenvalue weighted by Gasteiger charge is -2.20. The van der Waals surface area contributed by atoms with E-state index in [2.05, 4.69) is 5.32 Å². The fourth-order valence-electron chi connectivity index (χ4n) is 3.17. The van der Waals surface area contributed by atoms with Crippen LogP contribution in [-0.4, -0.2) is 32.3 Å². The van der Waals surface area contributed by atoms with Crippen molar-refractivity contribution in [2.45, 2.75) is 24.9 Å². The molecule has 0 aromatic heterocycles. The van der Waals surface area contributed by atoms with Crippen LogP contribution in [0.1, 0.15) is 28.4 Å². The molecule has 9 heteroatoms. The van der Waals surface area contributed by atoms with Crippen molar-refractivity contribution in [1.82, 2.24) is 9.62 Å². The molecular weight excluding hydrogens is 483 g/mol. The average molecular weight is 507 g/mol. The van der Waals surface area contributed by atoms with Crippen molar-refractivity contribution in [3.63, 3.8) is 0 Å². The summed E-state index contributed by atoms with van der Waals surface area (Å²) < 4.78 is 32.8. The standard InChI is InChI=1S/C24H24Cl2N2O4S/c1-3-32-23-13-8-17(24(29)27-15-18-6-4-5-7-22(18)26)14-19(23)16-28(2)33(30,31)21-11-9-20(25)10-12-21/h4-14H,3,15-16H2,1-2H3,(H,27,29). The van der Waals surface area contributed by atoms with Gasteiger partial charge in [0.25, 0.3) is 5.91 Å². The van der Waals surface area contributed by atoms with Gasteiger partial charge < -0.3 is 10.1 Å². The lowest BCUT2D eigenvalue weighted by molar-refractivity contribution is 0.0950. The zero-order valence-corrected chi connectivity index (χ0v) is 20.5. The highest BCUT2D eigenvalue weighted by Crippen LogP contribution is 2.25. The van der Waals surface area contributed by atoms with Gasteiger partial charge in [-0.2, -0.15) is 4.31 Å². The summed E-state index contributed by atoms with van der Waals surface area (Å²) in [6, 6.07) is 18.2. The highest BCUT2D eigenvalue weighted by Gasteiger charge is 2.23.